The summed E-state index contributed by atoms with van der Waals surface area (Å²) in [5, 5.41) is 13.4. The van der Waals surface area contributed by atoms with Crippen LogP contribution in [0.25, 0.3) is 32.7 Å². The van der Waals surface area contributed by atoms with Gasteiger partial charge in [0.15, 0.2) is 6.61 Å². The summed E-state index contributed by atoms with van der Waals surface area (Å²) in [7, 11) is 0. The Morgan fingerprint density at radius 2 is 1.17 bits per heavy atom. The molecule has 0 aliphatic rings. The minimum Gasteiger partial charge on any atom is -0.493 e. The van der Waals surface area contributed by atoms with E-state index in [-0.39, 0.29) is 0 Å². The van der Waals surface area contributed by atoms with Crippen molar-refractivity contribution in [2.45, 2.75) is 12.8 Å². The zero-order valence-corrected chi connectivity index (χ0v) is 19.3. The molecule has 174 valence electrons. The van der Waals surface area contributed by atoms with Crippen LogP contribution in [0.15, 0.2) is 103 Å². The maximum absolute atomic E-state index is 11.3. The van der Waals surface area contributed by atoms with Crippen LogP contribution in [-0.2, 0) is 11.2 Å². The van der Waals surface area contributed by atoms with Crippen molar-refractivity contribution in [1.82, 2.24) is 0 Å². The van der Waals surface area contributed by atoms with E-state index in [1.807, 2.05) is 60.7 Å². The summed E-state index contributed by atoms with van der Waals surface area (Å²) in [6.45, 7) is 0.152. The second-order valence-corrected chi connectivity index (χ2v) is 8.44. The SMILES string of the molecule is O=C(O)COc1ccc2ccccc2c1-c1c(OCCCc2ccccc2)ccc2ccccc12. The van der Waals surface area contributed by atoms with Gasteiger partial charge in [0.05, 0.1) is 6.61 Å². The predicted molar refractivity (Wildman–Crippen MR) is 140 cm³/mol. The lowest BCUT2D eigenvalue weighted by molar-refractivity contribution is -0.139. The summed E-state index contributed by atoms with van der Waals surface area (Å²) in [6.07, 6.45) is 1.82. The first kappa shape index (κ1) is 22.5. The zero-order chi connectivity index (χ0) is 24.0. The Labute approximate surface area is 204 Å². The lowest BCUT2D eigenvalue weighted by Gasteiger charge is -2.19. The van der Waals surface area contributed by atoms with Crippen LogP contribution in [0.4, 0.5) is 0 Å². The van der Waals surface area contributed by atoms with Crippen LogP contribution in [-0.4, -0.2) is 24.3 Å². The number of carbonyl (C=O) groups is 1. The van der Waals surface area contributed by atoms with Crippen molar-refractivity contribution in [3.63, 3.8) is 0 Å². The Bertz CT molecular complexity index is 1470. The van der Waals surface area contributed by atoms with Gasteiger partial charge in [-0.25, -0.2) is 4.79 Å². The van der Waals surface area contributed by atoms with Crippen molar-refractivity contribution < 1.29 is 19.4 Å². The molecule has 4 nitrogen and oxygen atoms in total. The first-order valence-electron chi connectivity index (χ1n) is 11.8. The van der Waals surface area contributed by atoms with Crippen LogP contribution in [0.2, 0.25) is 0 Å². The third-order valence-electron chi connectivity index (χ3n) is 6.09. The van der Waals surface area contributed by atoms with Crippen molar-refractivity contribution in [3.05, 3.63) is 109 Å². The summed E-state index contributed by atoms with van der Waals surface area (Å²) in [6, 6.07) is 34.5. The van der Waals surface area contributed by atoms with Gasteiger partial charge in [-0.3, -0.25) is 0 Å². The smallest absolute Gasteiger partial charge is 0.341 e. The highest BCUT2D eigenvalue weighted by Crippen LogP contribution is 2.45. The number of benzene rings is 5. The first-order valence-corrected chi connectivity index (χ1v) is 11.8. The third kappa shape index (κ3) is 4.97. The highest BCUT2D eigenvalue weighted by molar-refractivity contribution is 6.09. The number of carboxylic acids is 1. The fraction of sp³-hybridized carbons (Fsp3) is 0.129. The summed E-state index contributed by atoms with van der Waals surface area (Å²) in [4.78, 5) is 11.3. The van der Waals surface area contributed by atoms with Crippen molar-refractivity contribution in [3.8, 4) is 22.6 Å². The fourth-order valence-corrected chi connectivity index (χ4v) is 4.50. The Hall–Kier alpha value is -4.31. The quantitative estimate of drug-likeness (QED) is 0.237. The first-order chi connectivity index (χ1) is 17.2. The van der Waals surface area contributed by atoms with Gasteiger partial charge in [0.2, 0.25) is 0 Å². The normalized spacial score (nSPS) is 11.0. The molecule has 0 aliphatic heterocycles. The van der Waals surface area contributed by atoms with Crippen LogP contribution in [0, 0.1) is 0 Å². The monoisotopic (exact) mass is 462 g/mol. The number of fused-ring (bicyclic) bond motifs is 2. The molecule has 0 fully saturated rings. The predicted octanol–water partition coefficient (Wildman–Crippen LogP) is 7.14. The van der Waals surface area contributed by atoms with Gasteiger partial charge in [0, 0.05) is 11.1 Å². The number of rotatable bonds is 9. The maximum Gasteiger partial charge on any atom is 0.341 e. The number of hydrogen-bond donors (Lipinski definition) is 1. The second kappa shape index (κ2) is 10.3. The van der Waals surface area contributed by atoms with Gasteiger partial charge in [-0.15, -0.1) is 0 Å². The van der Waals surface area contributed by atoms with E-state index in [1.54, 1.807) is 0 Å². The summed E-state index contributed by atoms with van der Waals surface area (Å²) in [5.74, 6) is 0.268. The van der Waals surface area contributed by atoms with Gasteiger partial charge in [-0.2, -0.15) is 0 Å². The second-order valence-electron chi connectivity index (χ2n) is 8.44. The summed E-state index contributed by atoms with van der Waals surface area (Å²) < 4.78 is 12.2. The van der Waals surface area contributed by atoms with Gasteiger partial charge in [0.25, 0.3) is 0 Å². The van der Waals surface area contributed by atoms with Crippen LogP contribution in [0.3, 0.4) is 0 Å². The third-order valence-corrected chi connectivity index (χ3v) is 6.09. The van der Waals surface area contributed by atoms with Gasteiger partial charge < -0.3 is 14.6 Å². The molecule has 0 atom stereocenters. The molecule has 0 unspecified atom stereocenters. The van der Waals surface area contributed by atoms with E-state index < -0.39 is 12.6 Å². The molecule has 0 spiro atoms. The van der Waals surface area contributed by atoms with Crippen LogP contribution in [0.1, 0.15) is 12.0 Å². The van der Waals surface area contributed by atoms with E-state index >= 15 is 0 Å². The molecule has 0 aromatic heterocycles. The minimum absolute atomic E-state index is 0.413. The highest BCUT2D eigenvalue weighted by atomic mass is 16.5. The molecule has 5 aromatic carbocycles. The average Bonchev–Trinajstić information content (AvgIpc) is 2.90. The number of carboxylic acid groups (broad SMARTS) is 1. The van der Waals surface area contributed by atoms with E-state index in [4.69, 9.17) is 9.47 Å². The van der Waals surface area contributed by atoms with Crippen molar-refractivity contribution in [2.75, 3.05) is 13.2 Å². The van der Waals surface area contributed by atoms with Crippen LogP contribution in [0.5, 0.6) is 11.5 Å². The number of ether oxygens (including phenoxy) is 2. The largest absolute Gasteiger partial charge is 0.493 e. The number of hydrogen-bond acceptors (Lipinski definition) is 3. The van der Waals surface area contributed by atoms with E-state index in [9.17, 15) is 9.90 Å². The van der Waals surface area contributed by atoms with E-state index in [0.29, 0.717) is 12.4 Å². The lowest BCUT2D eigenvalue weighted by atomic mass is 9.92. The van der Waals surface area contributed by atoms with Crippen molar-refractivity contribution in [2.24, 2.45) is 0 Å². The number of aliphatic carboxylic acids is 1. The van der Waals surface area contributed by atoms with E-state index in [0.717, 1.165) is 51.3 Å². The topological polar surface area (TPSA) is 55.8 Å². The molecular formula is C31H26O4. The van der Waals surface area contributed by atoms with Gasteiger partial charge >= 0.3 is 5.97 Å². The van der Waals surface area contributed by atoms with Crippen molar-refractivity contribution >= 4 is 27.5 Å². The summed E-state index contributed by atoms with van der Waals surface area (Å²) >= 11 is 0. The molecule has 35 heavy (non-hydrogen) atoms. The molecule has 4 heteroatoms. The Balaban J connectivity index is 1.59. The van der Waals surface area contributed by atoms with Gasteiger partial charge in [-0.05, 0) is 52.1 Å². The molecule has 5 aromatic rings. The van der Waals surface area contributed by atoms with Crippen molar-refractivity contribution in [1.29, 1.82) is 0 Å². The van der Waals surface area contributed by atoms with Crippen LogP contribution >= 0.6 is 0 Å². The maximum atomic E-state index is 11.3. The average molecular weight is 463 g/mol. The Morgan fingerprint density at radius 3 is 1.77 bits per heavy atom. The van der Waals surface area contributed by atoms with Gasteiger partial charge in [-0.1, -0.05) is 91.0 Å². The van der Waals surface area contributed by atoms with Gasteiger partial charge in [0.1, 0.15) is 11.5 Å². The Morgan fingerprint density at radius 1 is 0.629 bits per heavy atom. The molecule has 0 heterocycles. The number of aryl methyl sites for hydroxylation is 1. The molecular weight excluding hydrogens is 436 g/mol. The molecule has 0 saturated carbocycles. The van der Waals surface area contributed by atoms with E-state index in [2.05, 4.69) is 42.5 Å². The molecule has 0 aliphatic carbocycles. The summed E-state index contributed by atoms with van der Waals surface area (Å²) in [5.41, 5.74) is 3.05. The molecule has 0 saturated heterocycles. The molecule has 0 bridgehead atoms. The molecule has 1 N–H and O–H groups in total. The fourth-order valence-electron chi connectivity index (χ4n) is 4.50. The molecule has 0 radical (unpaired) electrons. The standard InChI is InChI=1S/C31H26O4/c32-29(33)21-35-28-19-17-24-13-5-7-15-26(24)31(28)30-25-14-6-4-12-23(25)16-18-27(30)34-20-8-11-22-9-2-1-3-10-22/h1-7,9-10,12-19H,8,11,20-21H2,(H,32,33). The zero-order valence-electron chi connectivity index (χ0n) is 19.3. The molecule has 0 amide bonds. The minimum atomic E-state index is -1.01. The van der Waals surface area contributed by atoms with E-state index in [1.165, 1.54) is 5.56 Å². The van der Waals surface area contributed by atoms with Crippen LogP contribution < -0.4 is 9.47 Å². The highest BCUT2D eigenvalue weighted by Gasteiger charge is 2.19. The Kier molecular flexibility index (Phi) is 6.62. The molecule has 5 rings (SSSR count). The lowest BCUT2D eigenvalue weighted by Crippen LogP contribution is -2.10.